The van der Waals surface area contributed by atoms with Gasteiger partial charge in [0.25, 0.3) is 0 Å². The molecular weight excluding hydrogens is 218 g/mol. The highest BCUT2D eigenvalue weighted by molar-refractivity contribution is 5.88. The predicted octanol–water partition coefficient (Wildman–Crippen LogP) is 2.25. The molecule has 0 fully saturated rings. The van der Waals surface area contributed by atoms with E-state index < -0.39 is 0 Å². The van der Waals surface area contributed by atoms with Crippen molar-refractivity contribution in [1.29, 1.82) is 0 Å². The van der Waals surface area contributed by atoms with Crippen LogP contribution in [0, 0.1) is 5.92 Å². The molecule has 4 nitrogen and oxygen atoms in total. The van der Waals surface area contributed by atoms with Crippen LogP contribution in [0.4, 0.5) is 5.69 Å². The van der Waals surface area contributed by atoms with E-state index in [0.29, 0.717) is 11.4 Å². The molecule has 0 heterocycles. The number of carbonyl (C=O) groups excluding carboxylic acids is 2. The van der Waals surface area contributed by atoms with Gasteiger partial charge in [-0.3, -0.25) is 9.59 Å². The van der Waals surface area contributed by atoms with E-state index in [4.69, 9.17) is 4.74 Å². The second-order valence-electron chi connectivity index (χ2n) is 4.12. The molecule has 0 aliphatic heterocycles. The van der Waals surface area contributed by atoms with Crippen LogP contribution in [0.2, 0.25) is 0 Å². The van der Waals surface area contributed by atoms with Crippen molar-refractivity contribution >= 4 is 17.4 Å². The number of anilines is 1. The molecule has 0 unspecified atom stereocenters. The maximum Gasteiger partial charge on any atom is 0.221 e. The first kappa shape index (κ1) is 13.2. The van der Waals surface area contributed by atoms with Crippen molar-refractivity contribution in [3.8, 4) is 5.75 Å². The molecule has 1 rings (SSSR count). The van der Waals surface area contributed by atoms with Crippen molar-refractivity contribution in [3.05, 3.63) is 24.3 Å². The molecule has 4 heteroatoms. The van der Waals surface area contributed by atoms with Crippen molar-refractivity contribution in [1.82, 2.24) is 0 Å². The van der Waals surface area contributed by atoms with Gasteiger partial charge in [-0.1, -0.05) is 13.8 Å². The van der Waals surface area contributed by atoms with E-state index in [1.807, 2.05) is 13.8 Å². The minimum atomic E-state index is -0.117. The molecule has 1 N–H and O–H groups in total. The van der Waals surface area contributed by atoms with Crippen LogP contribution in [0.5, 0.6) is 5.75 Å². The van der Waals surface area contributed by atoms with Gasteiger partial charge in [-0.2, -0.15) is 0 Å². The van der Waals surface area contributed by atoms with Gasteiger partial charge >= 0.3 is 0 Å². The Morgan fingerprint density at radius 3 is 2.29 bits per heavy atom. The number of Topliss-reactive ketones (excluding diaryl/α,β-unsaturated/α-hetero) is 1. The number of carbonyl (C=O) groups is 2. The molecule has 92 valence electrons. The highest BCUT2D eigenvalue weighted by Crippen LogP contribution is 2.15. The monoisotopic (exact) mass is 235 g/mol. The van der Waals surface area contributed by atoms with E-state index in [9.17, 15) is 9.59 Å². The Labute approximate surface area is 101 Å². The molecule has 0 radical (unpaired) electrons. The Bertz CT molecular complexity index is 396. The Morgan fingerprint density at radius 1 is 1.24 bits per heavy atom. The molecule has 0 spiro atoms. The zero-order valence-electron chi connectivity index (χ0n) is 10.3. The zero-order valence-corrected chi connectivity index (χ0v) is 10.3. The highest BCUT2D eigenvalue weighted by atomic mass is 16.5. The second kappa shape index (κ2) is 6.03. The zero-order chi connectivity index (χ0) is 12.8. The van der Waals surface area contributed by atoms with Crippen molar-refractivity contribution in [2.24, 2.45) is 5.92 Å². The van der Waals surface area contributed by atoms with Gasteiger partial charge in [0.1, 0.15) is 12.4 Å². The third kappa shape index (κ3) is 4.68. The average molecular weight is 235 g/mol. The van der Waals surface area contributed by atoms with Crippen molar-refractivity contribution < 1.29 is 14.3 Å². The van der Waals surface area contributed by atoms with E-state index in [1.165, 1.54) is 6.92 Å². The molecule has 0 bridgehead atoms. The van der Waals surface area contributed by atoms with Crippen LogP contribution >= 0.6 is 0 Å². The van der Waals surface area contributed by atoms with Gasteiger partial charge in [0.05, 0.1) is 0 Å². The first-order valence-electron chi connectivity index (χ1n) is 5.52. The largest absolute Gasteiger partial charge is 0.486 e. The molecular formula is C13H17NO3. The Balaban J connectivity index is 2.51. The minimum absolute atomic E-state index is 0.0198. The molecule has 1 aromatic carbocycles. The Hall–Kier alpha value is -1.84. The summed E-state index contributed by atoms with van der Waals surface area (Å²) in [4.78, 5) is 22.1. The number of nitrogens with one attached hydrogen (secondary N) is 1. The van der Waals surface area contributed by atoms with Gasteiger partial charge in [0, 0.05) is 18.5 Å². The van der Waals surface area contributed by atoms with Gasteiger partial charge in [-0.05, 0) is 24.3 Å². The number of rotatable bonds is 5. The number of ketones is 1. The van der Waals surface area contributed by atoms with Gasteiger partial charge in [-0.15, -0.1) is 0 Å². The summed E-state index contributed by atoms with van der Waals surface area (Å²) in [6.07, 6.45) is 0. The van der Waals surface area contributed by atoms with Crippen LogP contribution in [0.15, 0.2) is 24.3 Å². The lowest BCUT2D eigenvalue weighted by Crippen LogP contribution is -2.16. The molecule has 0 aliphatic carbocycles. The Kier molecular flexibility index (Phi) is 4.69. The van der Waals surface area contributed by atoms with Gasteiger partial charge in [0.2, 0.25) is 5.91 Å². The molecule has 0 saturated heterocycles. The fraction of sp³-hybridized carbons (Fsp3) is 0.385. The maximum atomic E-state index is 11.3. The van der Waals surface area contributed by atoms with Crippen LogP contribution in [-0.2, 0) is 9.59 Å². The predicted molar refractivity (Wildman–Crippen MR) is 66.1 cm³/mol. The van der Waals surface area contributed by atoms with E-state index >= 15 is 0 Å². The van der Waals surface area contributed by atoms with Gasteiger partial charge in [-0.25, -0.2) is 0 Å². The van der Waals surface area contributed by atoms with Crippen LogP contribution in [0.1, 0.15) is 20.8 Å². The number of hydrogen-bond donors (Lipinski definition) is 1. The summed E-state index contributed by atoms with van der Waals surface area (Å²) in [5.41, 5.74) is 0.708. The lowest BCUT2D eigenvalue weighted by atomic mass is 10.1. The Morgan fingerprint density at radius 2 is 1.82 bits per heavy atom. The van der Waals surface area contributed by atoms with Crippen molar-refractivity contribution in [2.75, 3.05) is 11.9 Å². The van der Waals surface area contributed by atoms with Gasteiger partial charge in [0.15, 0.2) is 5.78 Å². The molecule has 0 aliphatic rings. The van der Waals surface area contributed by atoms with Crippen LogP contribution in [0.25, 0.3) is 0 Å². The third-order valence-corrected chi connectivity index (χ3v) is 2.20. The number of ether oxygens (including phenoxy) is 1. The first-order valence-corrected chi connectivity index (χ1v) is 5.52. The summed E-state index contributed by atoms with van der Waals surface area (Å²) in [6.45, 7) is 5.21. The SMILES string of the molecule is CC(=O)Nc1ccc(OCC(=O)C(C)C)cc1. The quantitative estimate of drug-likeness (QED) is 0.851. The number of hydrogen-bond acceptors (Lipinski definition) is 3. The summed E-state index contributed by atoms with van der Waals surface area (Å²) < 4.78 is 5.33. The topological polar surface area (TPSA) is 55.4 Å². The smallest absolute Gasteiger partial charge is 0.221 e. The van der Waals surface area contributed by atoms with E-state index in [1.54, 1.807) is 24.3 Å². The summed E-state index contributed by atoms with van der Waals surface area (Å²) >= 11 is 0. The van der Waals surface area contributed by atoms with E-state index in [0.717, 1.165) is 0 Å². The minimum Gasteiger partial charge on any atom is -0.486 e. The summed E-state index contributed by atoms with van der Waals surface area (Å²) in [5.74, 6) is 0.548. The van der Waals surface area contributed by atoms with E-state index in [-0.39, 0.29) is 24.2 Å². The molecule has 0 saturated carbocycles. The first-order chi connectivity index (χ1) is 7.99. The second-order valence-corrected chi connectivity index (χ2v) is 4.12. The van der Waals surface area contributed by atoms with Crippen molar-refractivity contribution in [3.63, 3.8) is 0 Å². The van der Waals surface area contributed by atoms with Crippen LogP contribution < -0.4 is 10.1 Å². The van der Waals surface area contributed by atoms with Crippen molar-refractivity contribution in [2.45, 2.75) is 20.8 Å². The number of amides is 1. The highest BCUT2D eigenvalue weighted by Gasteiger charge is 2.07. The molecule has 0 aromatic heterocycles. The summed E-state index contributed by atoms with van der Waals surface area (Å²) in [7, 11) is 0. The molecule has 1 aromatic rings. The lowest BCUT2D eigenvalue weighted by molar-refractivity contribution is -0.123. The molecule has 17 heavy (non-hydrogen) atoms. The van der Waals surface area contributed by atoms with Crippen LogP contribution in [-0.4, -0.2) is 18.3 Å². The normalized spacial score (nSPS) is 10.1. The van der Waals surface area contributed by atoms with E-state index in [2.05, 4.69) is 5.32 Å². The van der Waals surface area contributed by atoms with Gasteiger partial charge < -0.3 is 10.1 Å². The fourth-order valence-electron chi connectivity index (χ4n) is 1.16. The summed E-state index contributed by atoms with van der Waals surface area (Å²) in [6, 6.07) is 6.91. The molecule has 1 amide bonds. The summed E-state index contributed by atoms with van der Waals surface area (Å²) in [5, 5.41) is 2.65. The number of benzene rings is 1. The average Bonchev–Trinajstić information content (AvgIpc) is 2.26. The van der Waals surface area contributed by atoms with Crippen LogP contribution in [0.3, 0.4) is 0 Å². The standard InChI is InChI=1S/C13H17NO3/c1-9(2)13(16)8-17-12-6-4-11(5-7-12)14-10(3)15/h4-7,9H,8H2,1-3H3,(H,14,15). The molecule has 0 atom stereocenters. The maximum absolute atomic E-state index is 11.3. The lowest BCUT2D eigenvalue weighted by Gasteiger charge is -2.08. The third-order valence-electron chi connectivity index (χ3n) is 2.20. The fourth-order valence-corrected chi connectivity index (χ4v) is 1.16.